The van der Waals surface area contributed by atoms with E-state index in [1.165, 1.54) is 0 Å². The highest BCUT2D eigenvalue weighted by Crippen LogP contribution is 2.26. The zero-order valence-corrected chi connectivity index (χ0v) is 17.2. The Labute approximate surface area is 166 Å². The average Bonchev–Trinajstić information content (AvgIpc) is 2.60. The van der Waals surface area contributed by atoms with Crippen molar-refractivity contribution < 1.29 is 38.9 Å². The van der Waals surface area contributed by atoms with Gasteiger partial charge >= 0.3 is 17.9 Å². The molecule has 0 amide bonds. The molecule has 0 fully saturated rings. The molecule has 162 valence electrons. The maximum Gasteiger partial charge on any atom is 0.337 e. The van der Waals surface area contributed by atoms with Gasteiger partial charge in [0.15, 0.2) is 11.5 Å². The molecule has 2 unspecified atom stereocenters. The zero-order chi connectivity index (χ0) is 21.6. The van der Waals surface area contributed by atoms with Crippen molar-refractivity contribution in [2.24, 2.45) is 5.92 Å². The van der Waals surface area contributed by atoms with Gasteiger partial charge in [0.2, 0.25) is 0 Å². The Morgan fingerprint density at radius 2 is 1.36 bits per heavy atom. The van der Waals surface area contributed by atoms with Crippen LogP contribution in [0.25, 0.3) is 0 Å². The van der Waals surface area contributed by atoms with Gasteiger partial charge in [0.25, 0.3) is 0 Å². The number of esters is 2. The van der Waals surface area contributed by atoms with Gasteiger partial charge < -0.3 is 19.7 Å². The maximum absolute atomic E-state index is 12.3. The minimum Gasteiger partial charge on any atom is -0.479 e. The largest absolute Gasteiger partial charge is 0.479 e. The smallest absolute Gasteiger partial charge is 0.337 e. The molecule has 2 atom stereocenters. The molecule has 0 aliphatic heterocycles. The van der Waals surface area contributed by atoms with E-state index in [9.17, 15) is 29.4 Å². The fourth-order valence-electron chi connectivity index (χ4n) is 2.77. The van der Waals surface area contributed by atoms with E-state index < -0.39 is 41.6 Å². The summed E-state index contributed by atoms with van der Waals surface area (Å²) in [6.07, 6.45) is 5.78. The van der Waals surface area contributed by atoms with Crippen molar-refractivity contribution in [2.75, 3.05) is 13.2 Å². The predicted molar refractivity (Wildman–Crippen MR) is 102 cm³/mol. The number of hydrogen-bond donors (Lipinski definition) is 2. The summed E-state index contributed by atoms with van der Waals surface area (Å²) in [5.41, 5.74) is -2.91. The lowest BCUT2D eigenvalue weighted by atomic mass is 9.82. The number of carbonyl (C=O) groups excluding carboxylic acids is 3. The van der Waals surface area contributed by atoms with Crippen LogP contribution in [0, 0.1) is 5.92 Å². The monoisotopic (exact) mass is 402 g/mol. The van der Waals surface area contributed by atoms with Gasteiger partial charge in [-0.3, -0.25) is 14.4 Å². The number of unbranched alkanes of at least 4 members (excludes halogenated alkanes) is 6. The number of carboxylic acid groups (broad SMARTS) is 1. The van der Waals surface area contributed by atoms with E-state index in [1.54, 1.807) is 0 Å². The summed E-state index contributed by atoms with van der Waals surface area (Å²) in [4.78, 5) is 47.8. The maximum atomic E-state index is 12.3. The highest BCUT2D eigenvalue weighted by Gasteiger charge is 2.53. The minimum absolute atomic E-state index is 0.0141. The Bertz CT molecular complexity index is 516. The number of aliphatic carboxylic acids is 1. The Hall–Kier alpha value is -1.96. The first-order valence-corrected chi connectivity index (χ1v) is 9.99. The molecule has 8 heteroatoms. The van der Waals surface area contributed by atoms with Crippen LogP contribution in [0.1, 0.15) is 78.6 Å². The summed E-state index contributed by atoms with van der Waals surface area (Å²) in [6, 6.07) is 0. The van der Waals surface area contributed by atoms with Crippen LogP contribution in [-0.2, 0) is 28.7 Å². The van der Waals surface area contributed by atoms with Crippen molar-refractivity contribution in [3.8, 4) is 0 Å². The molecule has 28 heavy (non-hydrogen) atoms. The van der Waals surface area contributed by atoms with Crippen molar-refractivity contribution >= 4 is 23.7 Å². The van der Waals surface area contributed by atoms with Gasteiger partial charge in [0, 0.05) is 0 Å². The number of aliphatic hydroxyl groups is 1. The van der Waals surface area contributed by atoms with Crippen molar-refractivity contribution in [2.45, 2.75) is 84.2 Å². The van der Waals surface area contributed by atoms with Gasteiger partial charge in [0.05, 0.1) is 19.6 Å². The summed E-state index contributed by atoms with van der Waals surface area (Å²) in [5.74, 6) is -6.87. The number of ketones is 1. The molecule has 0 aromatic carbocycles. The summed E-state index contributed by atoms with van der Waals surface area (Å²) >= 11 is 0. The SMILES string of the molecule is CCCCCCOC(=O)CC(O)(C(=O)O)C(C(C)=O)C(=O)OCCCCCC. The first-order chi connectivity index (χ1) is 13.2. The van der Waals surface area contributed by atoms with Gasteiger partial charge in [-0.15, -0.1) is 0 Å². The number of hydrogen-bond acceptors (Lipinski definition) is 7. The predicted octanol–water partition coefficient (Wildman–Crippen LogP) is 2.64. The van der Waals surface area contributed by atoms with E-state index >= 15 is 0 Å². The molecule has 0 bridgehead atoms. The summed E-state index contributed by atoms with van der Waals surface area (Å²) < 4.78 is 9.92. The number of carbonyl (C=O) groups is 4. The third kappa shape index (κ3) is 9.30. The quantitative estimate of drug-likeness (QED) is 0.229. The van der Waals surface area contributed by atoms with E-state index in [0.717, 1.165) is 45.4 Å². The fourth-order valence-corrected chi connectivity index (χ4v) is 2.77. The molecule has 0 spiro atoms. The molecule has 0 aromatic heterocycles. The summed E-state index contributed by atoms with van der Waals surface area (Å²) in [7, 11) is 0. The van der Waals surface area contributed by atoms with Gasteiger partial charge in [-0.25, -0.2) is 4.79 Å². The van der Waals surface area contributed by atoms with Crippen LogP contribution < -0.4 is 0 Å². The van der Waals surface area contributed by atoms with Crippen LogP contribution in [0.15, 0.2) is 0 Å². The third-order valence-corrected chi connectivity index (χ3v) is 4.41. The Balaban J connectivity index is 4.96. The molecule has 0 aliphatic carbocycles. The van der Waals surface area contributed by atoms with Gasteiger partial charge in [-0.2, -0.15) is 0 Å². The van der Waals surface area contributed by atoms with Crippen molar-refractivity contribution in [1.82, 2.24) is 0 Å². The normalized spacial score (nSPS) is 14.0. The highest BCUT2D eigenvalue weighted by atomic mass is 16.5. The van der Waals surface area contributed by atoms with Crippen LogP contribution in [0.4, 0.5) is 0 Å². The lowest BCUT2D eigenvalue weighted by Crippen LogP contribution is -2.54. The van der Waals surface area contributed by atoms with E-state index in [2.05, 4.69) is 0 Å². The Morgan fingerprint density at radius 1 is 0.857 bits per heavy atom. The Morgan fingerprint density at radius 3 is 1.79 bits per heavy atom. The van der Waals surface area contributed by atoms with E-state index in [-0.39, 0.29) is 13.2 Å². The number of carboxylic acids is 1. The van der Waals surface area contributed by atoms with Crippen LogP contribution >= 0.6 is 0 Å². The molecule has 0 saturated heterocycles. The number of Topliss-reactive ketones (excluding diaryl/α,β-unsaturated/α-hetero) is 1. The second kappa shape index (κ2) is 14.1. The highest BCUT2D eigenvalue weighted by molar-refractivity contribution is 6.05. The summed E-state index contributed by atoms with van der Waals surface area (Å²) in [6.45, 7) is 5.13. The van der Waals surface area contributed by atoms with Crippen LogP contribution in [0.2, 0.25) is 0 Å². The number of ether oxygens (including phenoxy) is 2. The molecule has 0 aliphatic rings. The van der Waals surface area contributed by atoms with E-state index in [4.69, 9.17) is 9.47 Å². The molecule has 2 N–H and O–H groups in total. The molecule has 8 nitrogen and oxygen atoms in total. The van der Waals surface area contributed by atoms with Crippen LogP contribution in [0.3, 0.4) is 0 Å². The van der Waals surface area contributed by atoms with E-state index in [1.807, 2.05) is 13.8 Å². The van der Waals surface area contributed by atoms with Crippen molar-refractivity contribution in [3.63, 3.8) is 0 Å². The lowest BCUT2D eigenvalue weighted by molar-refractivity contribution is -0.183. The van der Waals surface area contributed by atoms with Gasteiger partial charge in [0.1, 0.15) is 5.78 Å². The first kappa shape index (κ1) is 26.0. The zero-order valence-electron chi connectivity index (χ0n) is 17.2. The fraction of sp³-hybridized carbons (Fsp3) is 0.800. The topological polar surface area (TPSA) is 127 Å². The number of rotatable bonds is 16. The molecule has 0 saturated carbocycles. The van der Waals surface area contributed by atoms with E-state index in [0.29, 0.717) is 12.8 Å². The standard InChI is InChI=1S/C20H34O8/c1-4-6-8-10-12-27-16(22)14-20(26,19(24)25)17(15(3)21)18(23)28-13-11-9-7-5-2/h17,26H,4-14H2,1-3H3,(H,24,25). The molecule has 0 radical (unpaired) electrons. The molecule has 0 aromatic rings. The third-order valence-electron chi connectivity index (χ3n) is 4.41. The van der Waals surface area contributed by atoms with Gasteiger partial charge in [-0.1, -0.05) is 52.4 Å². The Kier molecular flexibility index (Phi) is 13.1. The van der Waals surface area contributed by atoms with Crippen molar-refractivity contribution in [1.29, 1.82) is 0 Å². The minimum atomic E-state index is -2.91. The average molecular weight is 402 g/mol. The second-order valence-electron chi connectivity index (χ2n) is 6.96. The van der Waals surface area contributed by atoms with Gasteiger partial charge in [-0.05, 0) is 19.8 Å². The van der Waals surface area contributed by atoms with Crippen LogP contribution in [-0.4, -0.2) is 52.7 Å². The first-order valence-electron chi connectivity index (χ1n) is 9.99. The molecular formula is C20H34O8. The molecule has 0 heterocycles. The molecular weight excluding hydrogens is 368 g/mol. The second-order valence-corrected chi connectivity index (χ2v) is 6.96. The lowest BCUT2D eigenvalue weighted by Gasteiger charge is -2.28. The van der Waals surface area contributed by atoms with Crippen LogP contribution in [0.5, 0.6) is 0 Å². The molecule has 0 rings (SSSR count). The summed E-state index contributed by atoms with van der Waals surface area (Å²) in [5, 5.41) is 19.9. The van der Waals surface area contributed by atoms with Crippen molar-refractivity contribution in [3.05, 3.63) is 0 Å².